The minimum Gasteiger partial charge on any atom is -0.364 e. The molecule has 2 aromatic carbocycles. The van der Waals surface area contributed by atoms with Crippen LogP contribution in [-0.2, 0) is 4.84 Å². The minimum atomic E-state index is 0.846. The Balaban J connectivity index is 2.31. The number of fused-ring (bicyclic) bond motifs is 5. The van der Waals surface area contributed by atoms with Gasteiger partial charge in [0.25, 0.3) is 0 Å². The highest BCUT2D eigenvalue weighted by Gasteiger charge is 2.05. The van der Waals surface area contributed by atoms with Crippen molar-refractivity contribution in [3.63, 3.8) is 0 Å². The van der Waals surface area contributed by atoms with Gasteiger partial charge in [0, 0.05) is 21.5 Å². The van der Waals surface area contributed by atoms with Crippen molar-refractivity contribution in [2.45, 2.75) is 0 Å². The fourth-order valence-electron chi connectivity index (χ4n) is 2.44. The van der Waals surface area contributed by atoms with Gasteiger partial charge in [0.15, 0.2) is 0 Å². The highest BCUT2D eigenvalue weighted by Crippen LogP contribution is 2.21. The van der Waals surface area contributed by atoms with E-state index in [1.807, 2.05) is 24.3 Å². The fourth-order valence-corrected chi connectivity index (χ4v) is 2.44. The van der Waals surface area contributed by atoms with Gasteiger partial charge in [-0.25, -0.2) is 0 Å². The zero-order chi connectivity index (χ0) is 11.9. The molecule has 0 fully saturated rings. The molecule has 1 aromatic heterocycles. The molecule has 18 heavy (non-hydrogen) atoms. The first-order valence-electron chi connectivity index (χ1n) is 5.84. The Bertz CT molecular complexity index is 903. The summed E-state index contributed by atoms with van der Waals surface area (Å²) in [6.07, 6.45) is 5.46. The summed E-state index contributed by atoms with van der Waals surface area (Å²) < 4.78 is 0. The van der Waals surface area contributed by atoms with Crippen molar-refractivity contribution in [3.8, 4) is 0 Å². The van der Waals surface area contributed by atoms with E-state index in [0.29, 0.717) is 0 Å². The fraction of sp³-hybridized carbons (Fsp3) is 0. The number of benzene rings is 2. The molecule has 0 spiro atoms. The molecule has 0 saturated carbocycles. The number of allylic oxidation sites excluding steroid dienone is 1. The second kappa shape index (κ2) is 3.47. The van der Waals surface area contributed by atoms with Gasteiger partial charge in [0.2, 0.25) is 0 Å². The third-order valence-electron chi connectivity index (χ3n) is 3.25. The molecule has 0 bridgehead atoms. The van der Waals surface area contributed by atoms with Gasteiger partial charge in [-0.15, -0.1) is 0 Å². The molecule has 1 aliphatic heterocycles. The number of nitrogens with one attached hydrogen (secondary N) is 1. The number of H-pyrrole nitrogens is 1. The molecule has 0 saturated heterocycles. The highest BCUT2D eigenvalue weighted by molar-refractivity contribution is 6.07. The maximum Gasteiger partial charge on any atom is 0.122 e. The van der Waals surface area contributed by atoms with Crippen molar-refractivity contribution in [1.82, 2.24) is 4.98 Å². The molecule has 4 rings (SSSR count). The monoisotopic (exact) mass is 234 g/mol. The molecular formula is C15H10N2O. The number of rotatable bonds is 0. The maximum atomic E-state index is 5.04. The Kier molecular flexibility index (Phi) is 1.83. The van der Waals surface area contributed by atoms with Gasteiger partial charge in [0.05, 0.1) is 5.52 Å². The van der Waals surface area contributed by atoms with Crippen molar-refractivity contribution in [2.24, 2.45) is 5.16 Å². The average Bonchev–Trinajstić information content (AvgIpc) is 2.62. The van der Waals surface area contributed by atoms with Crippen LogP contribution >= 0.6 is 0 Å². The number of hydrogen-bond acceptors (Lipinski definition) is 2. The number of nitrogens with zero attached hydrogens (tertiary/aromatic N) is 1. The van der Waals surface area contributed by atoms with Crippen molar-refractivity contribution < 1.29 is 4.84 Å². The second-order valence-electron chi connectivity index (χ2n) is 4.28. The van der Waals surface area contributed by atoms with Crippen LogP contribution < -0.4 is 10.6 Å². The molecule has 3 nitrogen and oxygen atoms in total. The minimum absolute atomic E-state index is 0.846. The van der Waals surface area contributed by atoms with Gasteiger partial charge < -0.3 is 9.82 Å². The van der Waals surface area contributed by atoms with Crippen molar-refractivity contribution in [3.05, 3.63) is 59.3 Å². The molecule has 0 aliphatic carbocycles. The number of aromatic amines is 1. The second-order valence-corrected chi connectivity index (χ2v) is 4.28. The molecule has 1 aliphatic rings. The molecule has 0 radical (unpaired) electrons. The molecule has 3 aromatic rings. The largest absolute Gasteiger partial charge is 0.364 e. The van der Waals surface area contributed by atoms with E-state index in [9.17, 15) is 0 Å². The van der Waals surface area contributed by atoms with Crippen molar-refractivity contribution in [1.29, 1.82) is 0 Å². The number of aromatic nitrogens is 1. The van der Waals surface area contributed by atoms with E-state index in [0.717, 1.165) is 21.6 Å². The molecule has 86 valence electrons. The lowest BCUT2D eigenvalue weighted by atomic mass is 10.1. The standard InChI is InChI=1S/C15H10N2O/c1-2-6-13-10(4-1)11-7-8-14-12(15(11)16-13)5-3-9-18-17-14/h1-9,16H. The summed E-state index contributed by atoms with van der Waals surface area (Å²) >= 11 is 0. The average molecular weight is 234 g/mol. The van der Waals surface area contributed by atoms with Crippen LogP contribution in [0.3, 0.4) is 0 Å². The predicted octanol–water partition coefficient (Wildman–Crippen LogP) is 2.18. The Morgan fingerprint density at radius 3 is 2.94 bits per heavy atom. The Morgan fingerprint density at radius 2 is 1.94 bits per heavy atom. The summed E-state index contributed by atoms with van der Waals surface area (Å²) in [6, 6.07) is 12.4. The van der Waals surface area contributed by atoms with E-state index in [1.54, 1.807) is 6.26 Å². The van der Waals surface area contributed by atoms with E-state index in [4.69, 9.17) is 4.84 Å². The predicted molar refractivity (Wildman–Crippen MR) is 71.3 cm³/mol. The quantitative estimate of drug-likeness (QED) is 0.636. The zero-order valence-electron chi connectivity index (χ0n) is 9.55. The first kappa shape index (κ1) is 9.48. The van der Waals surface area contributed by atoms with E-state index in [2.05, 4.69) is 34.4 Å². The van der Waals surface area contributed by atoms with Gasteiger partial charge in [0.1, 0.15) is 11.6 Å². The van der Waals surface area contributed by atoms with Crippen LogP contribution in [0.5, 0.6) is 0 Å². The summed E-state index contributed by atoms with van der Waals surface area (Å²) in [5.74, 6) is 0. The lowest BCUT2D eigenvalue weighted by Crippen LogP contribution is -2.24. The molecule has 3 heteroatoms. The van der Waals surface area contributed by atoms with Crippen molar-refractivity contribution >= 4 is 27.9 Å². The van der Waals surface area contributed by atoms with Crippen LogP contribution in [0, 0.1) is 0 Å². The Hall–Kier alpha value is -2.55. The van der Waals surface area contributed by atoms with E-state index in [1.165, 1.54) is 10.8 Å². The molecular weight excluding hydrogens is 224 g/mol. The SMILES string of the molecule is C1=CON=c2ccc3c([nH]c4ccccc43)c2=C1. The summed E-state index contributed by atoms with van der Waals surface area (Å²) in [7, 11) is 0. The van der Waals surface area contributed by atoms with Gasteiger partial charge in [-0.2, -0.15) is 0 Å². The topological polar surface area (TPSA) is 37.4 Å². The van der Waals surface area contributed by atoms with E-state index in [-0.39, 0.29) is 0 Å². The van der Waals surface area contributed by atoms with E-state index < -0.39 is 0 Å². The molecule has 1 N–H and O–H groups in total. The van der Waals surface area contributed by atoms with Crippen molar-refractivity contribution in [2.75, 3.05) is 0 Å². The normalized spacial score (nSPS) is 13.6. The zero-order valence-corrected chi connectivity index (χ0v) is 9.55. The van der Waals surface area contributed by atoms with Gasteiger partial charge in [-0.1, -0.05) is 23.4 Å². The third kappa shape index (κ3) is 1.21. The summed E-state index contributed by atoms with van der Waals surface area (Å²) in [4.78, 5) is 8.50. The van der Waals surface area contributed by atoms with Crippen LogP contribution in [0.4, 0.5) is 0 Å². The molecule has 0 unspecified atom stereocenters. The Labute approximate surface area is 103 Å². The van der Waals surface area contributed by atoms with Crippen LogP contribution in [0.15, 0.2) is 53.9 Å². The molecule has 2 heterocycles. The highest BCUT2D eigenvalue weighted by atomic mass is 16.6. The smallest absolute Gasteiger partial charge is 0.122 e. The van der Waals surface area contributed by atoms with Crippen LogP contribution in [0.1, 0.15) is 0 Å². The Morgan fingerprint density at radius 1 is 1.00 bits per heavy atom. The van der Waals surface area contributed by atoms with Crippen LogP contribution in [-0.4, -0.2) is 4.98 Å². The first-order chi connectivity index (χ1) is 8.93. The maximum absolute atomic E-state index is 5.04. The summed E-state index contributed by atoms with van der Waals surface area (Å²) in [5.41, 5.74) is 2.25. The van der Waals surface area contributed by atoms with E-state index >= 15 is 0 Å². The number of para-hydroxylation sites is 1. The summed E-state index contributed by atoms with van der Waals surface area (Å²) in [5, 5.41) is 8.43. The van der Waals surface area contributed by atoms with Gasteiger partial charge in [-0.3, -0.25) is 0 Å². The van der Waals surface area contributed by atoms with Crippen LogP contribution in [0.2, 0.25) is 0 Å². The molecule has 0 atom stereocenters. The third-order valence-corrected chi connectivity index (χ3v) is 3.25. The summed E-state index contributed by atoms with van der Waals surface area (Å²) in [6.45, 7) is 0. The molecule has 0 amide bonds. The lowest BCUT2D eigenvalue weighted by molar-refractivity contribution is 0.254. The lowest BCUT2D eigenvalue weighted by Gasteiger charge is -1.92. The number of hydrogen-bond donors (Lipinski definition) is 1. The first-order valence-corrected chi connectivity index (χ1v) is 5.84. The van der Waals surface area contributed by atoms with Crippen LogP contribution in [0.25, 0.3) is 27.9 Å². The van der Waals surface area contributed by atoms with Gasteiger partial charge >= 0.3 is 0 Å². The van der Waals surface area contributed by atoms with Gasteiger partial charge in [-0.05, 0) is 30.4 Å².